The van der Waals surface area contributed by atoms with Crippen molar-refractivity contribution in [2.45, 2.75) is 25.4 Å². The highest BCUT2D eigenvalue weighted by atomic mass is 15.2. The summed E-state index contributed by atoms with van der Waals surface area (Å²) in [5.41, 5.74) is 1.16. The van der Waals surface area contributed by atoms with Gasteiger partial charge in [0, 0.05) is 50.7 Å². The van der Waals surface area contributed by atoms with Crippen LogP contribution in [0.3, 0.4) is 0 Å². The highest BCUT2D eigenvalue weighted by Crippen LogP contribution is 2.19. The molecule has 0 atom stereocenters. The van der Waals surface area contributed by atoms with Crippen molar-refractivity contribution >= 4 is 5.95 Å². The van der Waals surface area contributed by atoms with Gasteiger partial charge in [0.1, 0.15) is 0 Å². The zero-order chi connectivity index (χ0) is 13.0. The highest BCUT2D eigenvalue weighted by Gasteiger charge is 2.19. The number of likely N-dealkylation sites (N-methyl/N-ethyl adjacent to an activating group) is 2. The summed E-state index contributed by atoms with van der Waals surface area (Å²) in [6.07, 6.45) is 6.46. The third kappa shape index (κ3) is 4.23. The maximum atomic E-state index is 4.41. The fraction of sp³-hybridized carbons (Fsp3) is 0.692. The first-order chi connectivity index (χ1) is 8.65. The van der Waals surface area contributed by atoms with Crippen LogP contribution in [0.2, 0.25) is 0 Å². The van der Waals surface area contributed by atoms with Gasteiger partial charge in [0.25, 0.3) is 0 Å². The molecule has 1 aliphatic carbocycles. The first kappa shape index (κ1) is 13.2. The van der Waals surface area contributed by atoms with E-state index in [1.807, 2.05) is 19.4 Å². The van der Waals surface area contributed by atoms with E-state index in [9.17, 15) is 0 Å². The summed E-state index contributed by atoms with van der Waals surface area (Å²) in [6, 6.07) is 0.729. The molecule has 0 amide bonds. The molecule has 0 bridgehead atoms. The van der Waals surface area contributed by atoms with Gasteiger partial charge in [-0.15, -0.1) is 0 Å². The number of hydrogen-bond donors (Lipinski definition) is 1. The molecule has 5 heteroatoms. The zero-order valence-electron chi connectivity index (χ0n) is 11.6. The van der Waals surface area contributed by atoms with Crippen LogP contribution < -0.4 is 10.2 Å². The Kier molecular flexibility index (Phi) is 4.49. The monoisotopic (exact) mass is 249 g/mol. The van der Waals surface area contributed by atoms with Gasteiger partial charge < -0.3 is 15.1 Å². The molecule has 1 heterocycles. The van der Waals surface area contributed by atoms with Crippen LogP contribution in [0.25, 0.3) is 0 Å². The Hall–Kier alpha value is -1.20. The third-order valence-electron chi connectivity index (χ3n) is 3.09. The molecule has 1 aromatic rings. The van der Waals surface area contributed by atoms with Crippen LogP contribution in [0.4, 0.5) is 5.95 Å². The molecular formula is C13H23N5. The minimum Gasteiger partial charge on any atom is -0.343 e. The fourth-order valence-corrected chi connectivity index (χ4v) is 1.64. The van der Waals surface area contributed by atoms with Crippen molar-refractivity contribution in [1.29, 1.82) is 0 Å². The van der Waals surface area contributed by atoms with Crippen LogP contribution in [0.5, 0.6) is 0 Å². The average Bonchev–Trinajstić information content (AvgIpc) is 3.18. The van der Waals surface area contributed by atoms with E-state index in [0.717, 1.165) is 37.2 Å². The molecule has 0 radical (unpaired) electrons. The van der Waals surface area contributed by atoms with Crippen LogP contribution in [-0.4, -0.2) is 55.1 Å². The number of nitrogens with one attached hydrogen (secondary N) is 1. The highest BCUT2D eigenvalue weighted by molar-refractivity contribution is 5.28. The SMILES string of the molecule is CN(C)CCN(C)c1ncc(CNC2CC2)cn1. The van der Waals surface area contributed by atoms with Crippen LogP contribution in [-0.2, 0) is 6.54 Å². The second-order valence-electron chi connectivity index (χ2n) is 5.27. The summed E-state index contributed by atoms with van der Waals surface area (Å²) >= 11 is 0. The van der Waals surface area contributed by atoms with Crippen molar-refractivity contribution in [2.75, 3.05) is 39.1 Å². The van der Waals surface area contributed by atoms with Crippen molar-refractivity contribution in [3.63, 3.8) is 0 Å². The summed E-state index contributed by atoms with van der Waals surface area (Å²) in [4.78, 5) is 13.1. The lowest BCUT2D eigenvalue weighted by atomic mass is 10.3. The first-order valence-corrected chi connectivity index (χ1v) is 6.55. The van der Waals surface area contributed by atoms with Gasteiger partial charge in [-0.25, -0.2) is 9.97 Å². The lowest BCUT2D eigenvalue weighted by molar-refractivity contribution is 0.415. The molecule has 1 N–H and O–H groups in total. The molecule has 18 heavy (non-hydrogen) atoms. The summed E-state index contributed by atoms with van der Waals surface area (Å²) < 4.78 is 0. The Morgan fingerprint density at radius 2 is 1.83 bits per heavy atom. The number of nitrogens with zero attached hydrogens (tertiary/aromatic N) is 4. The molecule has 1 saturated carbocycles. The molecule has 100 valence electrons. The Bertz CT molecular complexity index is 358. The van der Waals surface area contributed by atoms with Crippen molar-refractivity contribution in [2.24, 2.45) is 0 Å². The largest absolute Gasteiger partial charge is 0.343 e. The van der Waals surface area contributed by atoms with E-state index in [-0.39, 0.29) is 0 Å². The van der Waals surface area contributed by atoms with E-state index in [0.29, 0.717) is 0 Å². The Morgan fingerprint density at radius 3 is 2.39 bits per heavy atom. The van der Waals surface area contributed by atoms with Crippen LogP contribution >= 0.6 is 0 Å². The third-order valence-corrected chi connectivity index (χ3v) is 3.09. The van der Waals surface area contributed by atoms with E-state index >= 15 is 0 Å². The second kappa shape index (κ2) is 6.11. The van der Waals surface area contributed by atoms with E-state index in [1.165, 1.54) is 12.8 Å². The Morgan fingerprint density at radius 1 is 1.17 bits per heavy atom. The Labute approximate surface area is 109 Å². The summed E-state index contributed by atoms with van der Waals surface area (Å²) in [7, 11) is 6.17. The lowest BCUT2D eigenvalue weighted by Crippen LogP contribution is -2.29. The summed E-state index contributed by atoms with van der Waals surface area (Å²) in [5, 5.41) is 3.46. The maximum Gasteiger partial charge on any atom is 0.225 e. The smallest absolute Gasteiger partial charge is 0.225 e. The molecule has 0 unspecified atom stereocenters. The van der Waals surface area contributed by atoms with Gasteiger partial charge in [-0.1, -0.05) is 0 Å². The van der Waals surface area contributed by atoms with Gasteiger partial charge in [0.05, 0.1) is 0 Å². The van der Waals surface area contributed by atoms with Gasteiger partial charge in [-0.2, -0.15) is 0 Å². The fourth-order valence-electron chi connectivity index (χ4n) is 1.64. The predicted molar refractivity (Wildman–Crippen MR) is 73.7 cm³/mol. The number of aromatic nitrogens is 2. The van der Waals surface area contributed by atoms with Gasteiger partial charge >= 0.3 is 0 Å². The molecule has 1 fully saturated rings. The topological polar surface area (TPSA) is 44.3 Å². The number of anilines is 1. The number of hydrogen-bond acceptors (Lipinski definition) is 5. The average molecular weight is 249 g/mol. The van der Waals surface area contributed by atoms with Crippen molar-refractivity contribution < 1.29 is 0 Å². The standard InChI is InChI=1S/C13H23N5/c1-17(2)6-7-18(3)13-15-9-11(10-16-13)8-14-12-4-5-12/h9-10,12,14H,4-8H2,1-3H3. The van der Waals surface area contributed by atoms with Crippen LogP contribution in [0.15, 0.2) is 12.4 Å². The molecule has 0 aromatic carbocycles. The first-order valence-electron chi connectivity index (χ1n) is 6.55. The predicted octanol–water partition coefficient (Wildman–Crippen LogP) is 0.726. The number of rotatable bonds is 7. The second-order valence-corrected chi connectivity index (χ2v) is 5.27. The Balaban J connectivity index is 1.81. The quantitative estimate of drug-likeness (QED) is 0.771. The van der Waals surface area contributed by atoms with Crippen LogP contribution in [0, 0.1) is 0 Å². The molecule has 0 spiro atoms. The normalized spacial score (nSPS) is 15.1. The summed E-state index contributed by atoms with van der Waals surface area (Å²) in [6.45, 7) is 2.82. The van der Waals surface area contributed by atoms with Crippen molar-refractivity contribution in [3.8, 4) is 0 Å². The molecule has 0 aliphatic heterocycles. The van der Waals surface area contributed by atoms with Crippen molar-refractivity contribution in [1.82, 2.24) is 20.2 Å². The van der Waals surface area contributed by atoms with Gasteiger partial charge in [-0.05, 0) is 26.9 Å². The maximum absolute atomic E-state index is 4.41. The van der Waals surface area contributed by atoms with Gasteiger partial charge in [0.2, 0.25) is 5.95 Å². The van der Waals surface area contributed by atoms with Gasteiger partial charge in [0.15, 0.2) is 0 Å². The lowest BCUT2D eigenvalue weighted by Gasteiger charge is -2.19. The van der Waals surface area contributed by atoms with E-state index in [2.05, 4.69) is 39.2 Å². The molecular weight excluding hydrogens is 226 g/mol. The molecule has 0 saturated heterocycles. The van der Waals surface area contributed by atoms with E-state index in [1.54, 1.807) is 0 Å². The molecule has 1 aromatic heterocycles. The van der Waals surface area contributed by atoms with Gasteiger partial charge in [-0.3, -0.25) is 0 Å². The minimum absolute atomic E-state index is 0.729. The molecule has 1 aliphatic rings. The van der Waals surface area contributed by atoms with Crippen LogP contribution in [0.1, 0.15) is 18.4 Å². The molecule has 2 rings (SSSR count). The van der Waals surface area contributed by atoms with E-state index in [4.69, 9.17) is 0 Å². The minimum atomic E-state index is 0.729. The van der Waals surface area contributed by atoms with Crippen molar-refractivity contribution in [3.05, 3.63) is 18.0 Å². The van der Waals surface area contributed by atoms with E-state index < -0.39 is 0 Å². The summed E-state index contributed by atoms with van der Waals surface area (Å²) in [5.74, 6) is 0.798. The molecule has 5 nitrogen and oxygen atoms in total. The zero-order valence-corrected chi connectivity index (χ0v) is 11.6.